The number of amides is 4. The fourth-order valence-electron chi connectivity index (χ4n) is 3.10. The van der Waals surface area contributed by atoms with Crippen molar-refractivity contribution in [1.29, 1.82) is 0 Å². The number of fused-ring (bicyclic) bond motifs is 1. The Hall–Kier alpha value is -3.49. The van der Waals surface area contributed by atoms with Crippen molar-refractivity contribution < 1.29 is 28.3 Å². The van der Waals surface area contributed by atoms with Gasteiger partial charge in [-0.15, -0.1) is 0 Å². The fraction of sp³-hybridized carbons (Fsp3) is 0.316. The van der Waals surface area contributed by atoms with E-state index >= 15 is 0 Å². The van der Waals surface area contributed by atoms with Gasteiger partial charge < -0.3 is 24.5 Å². The van der Waals surface area contributed by atoms with Crippen LogP contribution in [0.1, 0.15) is 18.6 Å². The van der Waals surface area contributed by atoms with Crippen molar-refractivity contribution in [2.75, 3.05) is 18.5 Å². The van der Waals surface area contributed by atoms with E-state index in [9.17, 15) is 14.4 Å². The van der Waals surface area contributed by atoms with Gasteiger partial charge in [0.1, 0.15) is 25.0 Å². The SMILES string of the molecule is O=C(CCC1NC(=O)N(Cc2ccco2)C1=O)Nc1ccc2c(c1)OCCO2. The number of furan rings is 1. The van der Waals surface area contributed by atoms with Crippen molar-refractivity contribution in [3.8, 4) is 11.5 Å². The van der Waals surface area contributed by atoms with Crippen molar-refractivity contribution in [2.45, 2.75) is 25.4 Å². The van der Waals surface area contributed by atoms with Gasteiger partial charge in [0.05, 0.1) is 12.8 Å². The predicted octanol–water partition coefficient (Wildman–Crippen LogP) is 1.89. The Balaban J connectivity index is 1.30. The highest BCUT2D eigenvalue weighted by atomic mass is 16.6. The molecule has 0 bridgehead atoms. The van der Waals surface area contributed by atoms with E-state index in [1.54, 1.807) is 30.3 Å². The summed E-state index contributed by atoms with van der Waals surface area (Å²) in [6.07, 6.45) is 1.77. The molecular formula is C19H19N3O6. The molecule has 0 aliphatic carbocycles. The normalized spacial score (nSPS) is 18.1. The van der Waals surface area contributed by atoms with Gasteiger partial charge in [-0.05, 0) is 30.7 Å². The van der Waals surface area contributed by atoms with E-state index in [0.717, 1.165) is 4.90 Å². The summed E-state index contributed by atoms with van der Waals surface area (Å²) in [4.78, 5) is 37.7. The van der Waals surface area contributed by atoms with Gasteiger partial charge in [0.25, 0.3) is 5.91 Å². The molecule has 146 valence electrons. The van der Waals surface area contributed by atoms with E-state index < -0.39 is 12.1 Å². The van der Waals surface area contributed by atoms with Gasteiger partial charge >= 0.3 is 6.03 Å². The largest absolute Gasteiger partial charge is 0.486 e. The second-order valence-corrected chi connectivity index (χ2v) is 6.45. The first-order chi connectivity index (χ1) is 13.6. The van der Waals surface area contributed by atoms with Crippen LogP contribution in [-0.2, 0) is 16.1 Å². The maximum Gasteiger partial charge on any atom is 0.325 e. The van der Waals surface area contributed by atoms with Gasteiger partial charge in [-0.1, -0.05) is 0 Å². The van der Waals surface area contributed by atoms with Gasteiger partial charge in [0.2, 0.25) is 5.91 Å². The Morgan fingerprint density at radius 2 is 2.00 bits per heavy atom. The molecule has 2 aromatic rings. The number of carbonyl (C=O) groups excluding carboxylic acids is 3. The number of carbonyl (C=O) groups is 3. The zero-order chi connectivity index (χ0) is 19.5. The Bertz CT molecular complexity index is 895. The highest BCUT2D eigenvalue weighted by Crippen LogP contribution is 2.32. The molecule has 4 rings (SSSR count). The molecule has 0 spiro atoms. The average Bonchev–Trinajstić information content (AvgIpc) is 3.30. The minimum absolute atomic E-state index is 0.0670. The second kappa shape index (κ2) is 7.63. The Morgan fingerprint density at radius 1 is 1.18 bits per heavy atom. The molecule has 3 heterocycles. The number of rotatable bonds is 6. The molecule has 1 aromatic heterocycles. The van der Waals surface area contributed by atoms with Crippen LogP contribution < -0.4 is 20.1 Å². The summed E-state index contributed by atoms with van der Waals surface area (Å²) >= 11 is 0. The molecule has 0 saturated carbocycles. The van der Waals surface area contributed by atoms with Crippen LogP contribution in [0, 0.1) is 0 Å². The maximum absolute atomic E-state index is 12.4. The maximum atomic E-state index is 12.4. The Morgan fingerprint density at radius 3 is 2.79 bits per heavy atom. The van der Waals surface area contributed by atoms with Crippen LogP contribution in [0.3, 0.4) is 0 Å². The molecule has 1 atom stereocenters. The molecule has 2 aliphatic heterocycles. The molecule has 2 N–H and O–H groups in total. The highest BCUT2D eigenvalue weighted by molar-refractivity contribution is 6.04. The van der Waals surface area contributed by atoms with E-state index in [1.807, 2.05) is 0 Å². The number of imide groups is 1. The molecule has 1 aromatic carbocycles. The predicted molar refractivity (Wildman–Crippen MR) is 96.9 cm³/mol. The molecular weight excluding hydrogens is 366 g/mol. The minimum atomic E-state index is -0.728. The summed E-state index contributed by atoms with van der Waals surface area (Å²) in [5, 5.41) is 5.37. The highest BCUT2D eigenvalue weighted by Gasteiger charge is 2.38. The Labute approximate surface area is 160 Å². The van der Waals surface area contributed by atoms with Crippen molar-refractivity contribution in [2.24, 2.45) is 0 Å². The van der Waals surface area contributed by atoms with Crippen LogP contribution in [0.5, 0.6) is 11.5 Å². The molecule has 0 radical (unpaired) electrons. The van der Waals surface area contributed by atoms with Crippen LogP contribution in [0.15, 0.2) is 41.0 Å². The third-order valence-corrected chi connectivity index (χ3v) is 4.49. The van der Waals surface area contributed by atoms with Crippen LogP contribution in [0.2, 0.25) is 0 Å². The summed E-state index contributed by atoms with van der Waals surface area (Å²) in [5.74, 6) is 1.10. The molecule has 1 unspecified atom stereocenters. The summed E-state index contributed by atoms with van der Waals surface area (Å²) in [6, 6.07) is 7.31. The average molecular weight is 385 g/mol. The molecule has 4 amide bonds. The van der Waals surface area contributed by atoms with Crippen molar-refractivity contribution in [1.82, 2.24) is 10.2 Å². The van der Waals surface area contributed by atoms with Gasteiger partial charge in [-0.25, -0.2) is 4.79 Å². The second-order valence-electron chi connectivity index (χ2n) is 6.45. The van der Waals surface area contributed by atoms with E-state index in [1.165, 1.54) is 6.26 Å². The molecule has 1 saturated heterocycles. The summed E-state index contributed by atoms with van der Waals surface area (Å²) < 4.78 is 16.1. The lowest BCUT2D eigenvalue weighted by Crippen LogP contribution is -2.31. The standard InChI is InChI=1S/C19H19N3O6/c23-17(20-12-3-5-15-16(10-12)28-9-8-27-15)6-4-14-18(24)22(19(25)21-14)11-13-2-1-7-26-13/h1-3,5,7,10,14H,4,6,8-9,11H2,(H,20,23)(H,21,25). The van der Waals surface area contributed by atoms with Crippen LogP contribution in [-0.4, -0.2) is 42.0 Å². The minimum Gasteiger partial charge on any atom is -0.486 e. The smallest absolute Gasteiger partial charge is 0.325 e. The van der Waals surface area contributed by atoms with E-state index in [-0.39, 0.29) is 31.2 Å². The zero-order valence-electron chi connectivity index (χ0n) is 15.0. The van der Waals surface area contributed by atoms with Gasteiger partial charge in [-0.2, -0.15) is 0 Å². The van der Waals surface area contributed by atoms with Crippen molar-refractivity contribution in [3.63, 3.8) is 0 Å². The number of nitrogens with one attached hydrogen (secondary N) is 2. The van der Waals surface area contributed by atoms with Crippen LogP contribution >= 0.6 is 0 Å². The monoisotopic (exact) mass is 385 g/mol. The van der Waals surface area contributed by atoms with Crippen LogP contribution in [0.25, 0.3) is 0 Å². The van der Waals surface area contributed by atoms with Crippen molar-refractivity contribution >= 4 is 23.5 Å². The van der Waals surface area contributed by atoms with Gasteiger partial charge in [0, 0.05) is 18.2 Å². The summed E-state index contributed by atoms with van der Waals surface area (Å²) in [6.45, 7) is 1.02. The molecule has 9 heteroatoms. The third kappa shape index (κ3) is 3.78. The first kappa shape index (κ1) is 17.9. The number of nitrogens with zero attached hydrogens (tertiary/aromatic N) is 1. The van der Waals surface area contributed by atoms with E-state index in [4.69, 9.17) is 13.9 Å². The molecule has 2 aliphatic rings. The summed E-state index contributed by atoms with van der Waals surface area (Å²) in [5.41, 5.74) is 0.579. The van der Waals surface area contributed by atoms with E-state index in [2.05, 4.69) is 10.6 Å². The summed E-state index contributed by atoms with van der Waals surface area (Å²) in [7, 11) is 0. The van der Waals surface area contributed by atoms with E-state index in [0.29, 0.717) is 36.2 Å². The lowest BCUT2D eigenvalue weighted by molar-refractivity contribution is -0.128. The molecule has 28 heavy (non-hydrogen) atoms. The third-order valence-electron chi connectivity index (χ3n) is 4.49. The quantitative estimate of drug-likeness (QED) is 0.735. The first-order valence-electron chi connectivity index (χ1n) is 8.94. The molecule has 9 nitrogen and oxygen atoms in total. The first-order valence-corrected chi connectivity index (χ1v) is 8.94. The van der Waals surface area contributed by atoms with Gasteiger partial charge in [0.15, 0.2) is 11.5 Å². The van der Waals surface area contributed by atoms with Crippen LogP contribution in [0.4, 0.5) is 10.5 Å². The number of urea groups is 1. The topological polar surface area (TPSA) is 110 Å². The molecule has 1 fully saturated rings. The lowest BCUT2D eigenvalue weighted by atomic mass is 10.1. The number of hydrogen-bond acceptors (Lipinski definition) is 6. The number of anilines is 1. The number of benzene rings is 1. The lowest BCUT2D eigenvalue weighted by Gasteiger charge is -2.19. The van der Waals surface area contributed by atoms with Crippen molar-refractivity contribution in [3.05, 3.63) is 42.4 Å². The number of ether oxygens (including phenoxy) is 2. The van der Waals surface area contributed by atoms with Gasteiger partial charge in [-0.3, -0.25) is 14.5 Å². The Kier molecular flexibility index (Phi) is 4.88. The fourth-order valence-corrected chi connectivity index (χ4v) is 3.10. The number of hydrogen-bond donors (Lipinski definition) is 2. The zero-order valence-corrected chi connectivity index (χ0v) is 15.0.